The van der Waals surface area contributed by atoms with E-state index in [1.807, 2.05) is 44.4 Å². The summed E-state index contributed by atoms with van der Waals surface area (Å²) in [6, 6.07) is 9.95. The van der Waals surface area contributed by atoms with Gasteiger partial charge in [-0.3, -0.25) is 0 Å². The van der Waals surface area contributed by atoms with Gasteiger partial charge in [-0.05, 0) is 50.8 Å². The van der Waals surface area contributed by atoms with Gasteiger partial charge in [0.25, 0.3) is 6.01 Å². The smallest absolute Gasteiger partial charge is 0.296 e. The molecule has 1 N–H and O–H groups in total. The Morgan fingerprint density at radius 1 is 1.19 bits per heavy atom. The summed E-state index contributed by atoms with van der Waals surface area (Å²) in [5.41, 5.74) is 2.82. The Morgan fingerprint density at radius 3 is 2.84 bits per heavy atom. The number of fused-ring (bicyclic) bond motifs is 2. The highest BCUT2D eigenvalue weighted by molar-refractivity contribution is 6.33. The van der Waals surface area contributed by atoms with Gasteiger partial charge in [-0.25, -0.2) is 4.98 Å². The molecule has 31 heavy (non-hydrogen) atoms. The summed E-state index contributed by atoms with van der Waals surface area (Å²) in [6.45, 7) is 2.69. The summed E-state index contributed by atoms with van der Waals surface area (Å²) >= 11 is 6.52. The lowest BCUT2D eigenvalue weighted by atomic mass is 10.1. The lowest BCUT2D eigenvalue weighted by Crippen LogP contribution is -2.32. The quantitative estimate of drug-likeness (QED) is 0.599. The molecule has 2 aliphatic heterocycles. The number of nitrogens with zero attached hydrogens (tertiary/aromatic N) is 3. The van der Waals surface area contributed by atoms with E-state index in [0.717, 1.165) is 29.8 Å². The molecule has 0 saturated carbocycles. The maximum atomic E-state index is 6.52. The van der Waals surface area contributed by atoms with Gasteiger partial charge in [0.1, 0.15) is 18.5 Å². The van der Waals surface area contributed by atoms with Gasteiger partial charge in [-0.2, -0.15) is 4.98 Å². The van der Waals surface area contributed by atoms with Gasteiger partial charge in [-0.1, -0.05) is 11.6 Å². The minimum atomic E-state index is -0.178. The van der Waals surface area contributed by atoms with E-state index in [1.54, 1.807) is 0 Å². The van der Waals surface area contributed by atoms with Crippen molar-refractivity contribution in [3.05, 3.63) is 35.4 Å². The van der Waals surface area contributed by atoms with Crippen LogP contribution < -0.4 is 9.47 Å². The predicted octanol–water partition coefficient (Wildman–Crippen LogP) is 3.15. The average molecular weight is 445 g/mol. The van der Waals surface area contributed by atoms with Gasteiger partial charge in [-0.15, -0.1) is 0 Å². The number of ether oxygens (including phenoxy) is 4. The van der Waals surface area contributed by atoms with Crippen molar-refractivity contribution >= 4 is 22.8 Å². The van der Waals surface area contributed by atoms with Gasteiger partial charge in [0.2, 0.25) is 0 Å². The Morgan fingerprint density at radius 2 is 2.03 bits per heavy atom. The number of pyridine rings is 1. The number of benzene rings is 1. The molecule has 0 unspecified atom stereocenters. The molecule has 0 amide bonds. The minimum absolute atomic E-state index is 0.0428. The summed E-state index contributed by atoms with van der Waals surface area (Å²) in [5, 5.41) is 0.535. The number of aromatic amines is 1. The molecule has 5 rings (SSSR count). The Labute approximate surface area is 185 Å². The molecule has 0 spiro atoms. The molecule has 3 aromatic rings. The van der Waals surface area contributed by atoms with E-state index < -0.39 is 0 Å². The van der Waals surface area contributed by atoms with Crippen LogP contribution in [0.4, 0.5) is 0 Å². The molecule has 1 aromatic carbocycles. The summed E-state index contributed by atoms with van der Waals surface area (Å²) in [6.07, 6.45) is 0.801. The van der Waals surface area contributed by atoms with Crippen molar-refractivity contribution in [3.8, 4) is 23.0 Å². The topological polar surface area (TPSA) is 81.7 Å². The van der Waals surface area contributed by atoms with Crippen molar-refractivity contribution in [1.29, 1.82) is 0 Å². The van der Waals surface area contributed by atoms with E-state index in [2.05, 4.69) is 19.9 Å². The lowest BCUT2D eigenvalue weighted by Gasteiger charge is -2.15. The second-order valence-corrected chi connectivity index (χ2v) is 8.47. The number of nitrogens with one attached hydrogen (secondary N) is 1. The minimum Gasteiger partial charge on any atom is -0.492 e. The number of aromatic nitrogens is 3. The van der Waals surface area contributed by atoms with Crippen LogP contribution in [0, 0.1) is 0 Å². The Balaban J connectivity index is 1.32. The summed E-state index contributed by atoms with van der Waals surface area (Å²) in [7, 11) is 4.03. The molecular weight excluding hydrogens is 420 g/mol. The first-order valence-corrected chi connectivity index (χ1v) is 10.8. The van der Waals surface area contributed by atoms with Crippen LogP contribution in [0.3, 0.4) is 0 Å². The van der Waals surface area contributed by atoms with Crippen molar-refractivity contribution in [3.63, 3.8) is 0 Å². The summed E-state index contributed by atoms with van der Waals surface area (Å²) in [4.78, 5) is 14.4. The maximum absolute atomic E-state index is 6.52. The van der Waals surface area contributed by atoms with Gasteiger partial charge in [0.15, 0.2) is 11.8 Å². The van der Waals surface area contributed by atoms with Crippen LogP contribution in [-0.4, -0.2) is 78.6 Å². The van der Waals surface area contributed by atoms with E-state index in [9.17, 15) is 0 Å². The molecule has 3 atom stereocenters. The first-order valence-electron chi connectivity index (χ1n) is 10.4. The highest BCUT2D eigenvalue weighted by Crippen LogP contribution is 2.32. The SMILES string of the molecule is CN(C)CCOc1ccc(-c2nc3nc(O[C@@H]4CO[C@@H]5CCO[C@@H]54)[nH]c3cc2Cl)cc1. The Bertz CT molecular complexity index is 1060. The normalized spacial score (nSPS) is 22.9. The third-order valence-electron chi connectivity index (χ3n) is 5.52. The van der Waals surface area contributed by atoms with Crippen molar-refractivity contribution < 1.29 is 18.9 Å². The monoisotopic (exact) mass is 444 g/mol. The van der Waals surface area contributed by atoms with Gasteiger partial charge in [0.05, 0.1) is 28.9 Å². The molecule has 0 radical (unpaired) electrons. The van der Waals surface area contributed by atoms with E-state index in [1.165, 1.54) is 0 Å². The standard InChI is InChI=1S/C22H25ClN4O4/c1-27(2)8-10-28-14-5-3-13(4-6-14)19-15(23)11-16-21(25-19)26-22(24-16)31-18-12-30-17-7-9-29-20(17)18/h3-6,11,17-18,20H,7-10,12H2,1-2H3,(H,24,25,26)/t17-,18-,20+/m1/s1. The average Bonchev–Trinajstić information content (AvgIpc) is 3.45. The van der Waals surface area contributed by atoms with E-state index in [4.69, 9.17) is 30.5 Å². The zero-order valence-electron chi connectivity index (χ0n) is 17.5. The molecule has 4 heterocycles. The number of hydrogen-bond donors (Lipinski definition) is 1. The second kappa shape index (κ2) is 8.63. The van der Waals surface area contributed by atoms with Crippen LogP contribution in [0.5, 0.6) is 11.8 Å². The Hall–Kier alpha value is -2.39. The molecule has 8 nitrogen and oxygen atoms in total. The number of imidazole rings is 1. The molecule has 0 aliphatic carbocycles. The van der Waals surface area contributed by atoms with Crippen molar-refractivity contribution in [2.45, 2.75) is 24.7 Å². The van der Waals surface area contributed by atoms with Crippen LogP contribution >= 0.6 is 11.6 Å². The van der Waals surface area contributed by atoms with E-state index in [-0.39, 0.29) is 18.3 Å². The predicted molar refractivity (Wildman–Crippen MR) is 117 cm³/mol. The summed E-state index contributed by atoms with van der Waals surface area (Å²) in [5.74, 6) is 0.810. The van der Waals surface area contributed by atoms with E-state index >= 15 is 0 Å². The van der Waals surface area contributed by atoms with Gasteiger partial charge >= 0.3 is 0 Å². The number of likely N-dealkylation sites (N-methyl/N-ethyl adjacent to an activating group) is 1. The largest absolute Gasteiger partial charge is 0.492 e. The van der Waals surface area contributed by atoms with Crippen LogP contribution in [0.1, 0.15) is 6.42 Å². The molecule has 2 fully saturated rings. The lowest BCUT2D eigenvalue weighted by molar-refractivity contribution is 0.0273. The fourth-order valence-corrected chi connectivity index (χ4v) is 4.14. The molecule has 2 aromatic heterocycles. The van der Waals surface area contributed by atoms with Crippen LogP contribution in [0.25, 0.3) is 22.4 Å². The van der Waals surface area contributed by atoms with Gasteiger partial charge in [0, 0.05) is 18.7 Å². The molecule has 0 bridgehead atoms. The molecule has 2 saturated heterocycles. The molecule has 9 heteroatoms. The van der Waals surface area contributed by atoms with Crippen LogP contribution in [0.15, 0.2) is 30.3 Å². The van der Waals surface area contributed by atoms with Crippen molar-refractivity contribution in [2.75, 3.05) is 40.5 Å². The highest BCUT2D eigenvalue weighted by Gasteiger charge is 2.43. The number of rotatable bonds is 7. The molecule has 164 valence electrons. The zero-order valence-corrected chi connectivity index (χ0v) is 18.3. The van der Waals surface area contributed by atoms with Crippen LogP contribution in [0.2, 0.25) is 5.02 Å². The van der Waals surface area contributed by atoms with Crippen molar-refractivity contribution in [2.24, 2.45) is 0 Å². The number of hydrogen-bond acceptors (Lipinski definition) is 7. The second-order valence-electron chi connectivity index (χ2n) is 8.06. The number of halogens is 1. The maximum Gasteiger partial charge on any atom is 0.296 e. The first kappa shape index (κ1) is 20.5. The third-order valence-corrected chi connectivity index (χ3v) is 5.81. The fourth-order valence-electron chi connectivity index (χ4n) is 3.88. The van der Waals surface area contributed by atoms with Crippen molar-refractivity contribution in [1.82, 2.24) is 19.9 Å². The van der Waals surface area contributed by atoms with Gasteiger partial charge < -0.3 is 28.8 Å². The number of H-pyrrole nitrogens is 1. The van der Waals surface area contributed by atoms with Crippen LogP contribution in [-0.2, 0) is 9.47 Å². The summed E-state index contributed by atoms with van der Waals surface area (Å²) < 4.78 is 23.2. The Kier molecular flexibility index (Phi) is 5.71. The molecular formula is C22H25ClN4O4. The first-order chi connectivity index (χ1) is 15.1. The third kappa shape index (κ3) is 4.34. The fraction of sp³-hybridized carbons (Fsp3) is 0.455. The highest BCUT2D eigenvalue weighted by atomic mass is 35.5. The zero-order chi connectivity index (χ0) is 21.4. The van der Waals surface area contributed by atoms with E-state index in [0.29, 0.717) is 42.2 Å². The molecule has 2 aliphatic rings.